The van der Waals surface area contributed by atoms with Crippen LogP contribution in [0.5, 0.6) is 0 Å². The first-order valence-corrected chi connectivity index (χ1v) is 23.3. The highest BCUT2D eigenvalue weighted by atomic mass is 16.6. The summed E-state index contributed by atoms with van der Waals surface area (Å²) in [5, 5.41) is 56.7. The minimum Gasteiger partial charge on any atom is -0.477 e. The van der Waals surface area contributed by atoms with E-state index < -0.39 is 71.7 Å². The van der Waals surface area contributed by atoms with E-state index in [-0.39, 0.29) is 75.1 Å². The maximum atomic E-state index is 11.6. The van der Waals surface area contributed by atoms with E-state index in [1.165, 1.54) is 102 Å². The van der Waals surface area contributed by atoms with E-state index in [1.807, 2.05) is 30.3 Å². The molecule has 7 rings (SSSR count). The number of carboxylic acid groups (broad SMARTS) is 3. The molecule has 2 amide bonds. The van der Waals surface area contributed by atoms with Crippen molar-refractivity contribution in [1.82, 2.24) is 59.5 Å². The molecule has 0 saturated heterocycles. The van der Waals surface area contributed by atoms with Gasteiger partial charge in [0.1, 0.15) is 46.5 Å². The van der Waals surface area contributed by atoms with Crippen LogP contribution in [-0.2, 0) is 72.7 Å². The van der Waals surface area contributed by atoms with Gasteiger partial charge < -0.3 is 53.2 Å². The number of aromatic carboxylic acids is 3. The molecule has 0 aliphatic carbocycles. The number of nitrogens with zero attached hydrogens (tertiary/aromatic N) is 13. The van der Waals surface area contributed by atoms with Gasteiger partial charge in [-0.05, 0) is 16.2 Å². The molecule has 0 atom stereocenters. The largest absolute Gasteiger partial charge is 0.477 e. The van der Waals surface area contributed by atoms with Crippen molar-refractivity contribution >= 4 is 77.5 Å². The molecule has 462 valence electrons. The number of carbonyl (C=O) groups is 12. The van der Waals surface area contributed by atoms with Crippen LogP contribution >= 0.6 is 0 Å². The molecule has 1 aromatic carbocycles. The number of methoxy groups -OCH3 is 7. The summed E-state index contributed by atoms with van der Waals surface area (Å²) in [6, 6.07) is 16.6. The molecule has 0 spiro atoms. The molecule has 39 heteroatoms. The van der Waals surface area contributed by atoms with Crippen molar-refractivity contribution < 1.29 is 111 Å². The zero-order valence-electron chi connectivity index (χ0n) is 47.4. The summed E-state index contributed by atoms with van der Waals surface area (Å²) in [6.07, 6.45) is -0.645. The van der Waals surface area contributed by atoms with E-state index in [2.05, 4.69) is 89.3 Å². The summed E-state index contributed by atoms with van der Waals surface area (Å²) in [5.74, 6) is -8.37. The SMILES string of the molecule is COC(=O)c1cc(C(=O)N=[N+]=[N-])nn1C.COC(=O)c1cc(C(=O)O)nn1C.COC(=O)c1cc(C(=O)OC)[nH]n1.COC(=O)c1cc(C(=O)OC)n(C)n1.COC(=O)c1cc(NC(=O)OCc2ccccc2)nn1C.O=C(O)c1cc(C(=O)O)[nH]n1. The predicted octanol–water partition coefficient (Wildman–Crippen LogP) is 2.30. The Labute approximate surface area is 487 Å². The highest BCUT2D eigenvalue weighted by Crippen LogP contribution is 2.12. The smallest absolute Gasteiger partial charge is 0.413 e. The number of amides is 2. The lowest BCUT2D eigenvalue weighted by Crippen LogP contribution is -2.14. The molecule has 6 aromatic heterocycles. The molecule has 6 N–H and O–H groups in total. The number of aryl methyl sites for hydroxylation is 4. The van der Waals surface area contributed by atoms with Crippen LogP contribution in [0.1, 0.15) is 121 Å². The number of ether oxygens (including phenoxy) is 8. The Kier molecular flexibility index (Phi) is 28.1. The number of nitrogens with one attached hydrogen (secondary N) is 3. The highest BCUT2D eigenvalue weighted by Gasteiger charge is 2.21. The first kappa shape index (κ1) is 70.5. The van der Waals surface area contributed by atoms with Gasteiger partial charge in [-0.25, -0.2) is 52.7 Å². The van der Waals surface area contributed by atoms with Gasteiger partial charge in [0.25, 0.3) is 5.91 Å². The fourth-order valence-corrected chi connectivity index (χ4v) is 5.77. The average Bonchev–Trinajstić information content (AvgIpc) is 3.52. The number of carbonyl (C=O) groups excluding carboxylic acids is 9. The number of anilines is 1. The molecule has 87 heavy (non-hydrogen) atoms. The van der Waals surface area contributed by atoms with Crippen molar-refractivity contribution in [2.24, 2.45) is 33.3 Å². The van der Waals surface area contributed by atoms with Gasteiger partial charge in [-0.3, -0.25) is 39.0 Å². The van der Waals surface area contributed by atoms with Crippen LogP contribution in [-0.4, -0.2) is 196 Å². The van der Waals surface area contributed by atoms with Gasteiger partial charge in [-0.15, -0.1) is 0 Å². The first-order chi connectivity index (χ1) is 41.1. The van der Waals surface area contributed by atoms with Crippen molar-refractivity contribution in [3.63, 3.8) is 0 Å². The normalized spacial score (nSPS) is 9.60. The number of rotatable bonds is 14. The summed E-state index contributed by atoms with van der Waals surface area (Å²) in [5.41, 5.74) is 8.99. The molecule has 0 bridgehead atoms. The van der Waals surface area contributed by atoms with Crippen LogP contribution in [0, 0.1) is 0 Å². The van der Waals surface area contributed by atoms with Gasteiger partial charge in [0.05, 0.1) is 49.8 Å². The van der Waals surface area contributed by atoms with Crippen LogP contribution in [0.3, 0.4) is 0 Å². The topological polar surface area (TPSA) is 529 Å². The lowest BCUT2D eigenvalue weighted by atomic mass is 10.2. The number of aromatic amines is 2. The first-order valence-electron chi connectivity index (χ1n) is 23.3. The van der Waals surface area contributed by atoms with Gasteiger partial charge >= 0.3 is 65.8 Å². The maximum absolute atomic E-state index is 11.6. The van der Waals surface area contributed by atoms with E-state index in [0.29, 0.717) is 0 Å². The third-order valence-electron chi connectivity index (χ3n) is 9.91. The summed E-state index contributed by atoms with van der Waals surface area (Å²) in [6.45, 7) is 0.156. The number of esters is 7. The van der Waals surface area contributed by atoms with Gasteiger partial charge in [0.15, 0.2) is 28.6 Å². The summed E-state index contributed by atoms with van der Waals surface area (Å²) < 4.78 is 41.2. The molecule has 0 radical (unpaired) electrons. The van der Waals surface area contributed by atoms with Crippen LogP contribution in [0.15, 0.2) is 71.8 Å². The summed E-state index contributed by atoms with van der Waals surface area (Å²) >= 11 is 0. The zero-order valence-corrected chi connectivity index (χ0v) is 47.4. The van der Waals surface area contributed by atoms with Crippen molar-refractivity contribution in [1.29, 1.82) is 0 Å². The third-order valence-corrected chi connectivity index (χ3v) is 9.91. The molecule has 0 saturated carbocycles. The van der Waals surface area contributed by atoms with Gasteiger partial charge in [-0.2, -0.15) is 30.6 Å². The van der Waals surface area contributed by atoms with Crippen molar-refractivity contribution in [2.75, 3.05) is 55.1 Å². The molecular formula is C48H52N16O23. The van der Waals surface area contributed by atoms with Crippen molar-refractivity contribution in [2.45, 2.75) is 6.61 Å². The lowest BCUT2D eigenvalue weighted by Gasteiger charge is -2.04. The quantitative estimate of drug-likeness (QED) is 0.0299. The van der Waals surface area contributed by atoms with Crippen molar-refractivity contribution in [3.8, 4) is 0 Å². The fourth-order valence-electron chi connectivity index (χ4n) is 5.77. The maximum Gasteiger partial charge on any atom is 0.413 e. The molecule has 0 fully saturated rings. The van der Waals surface area contributed by atoms with E-state index in [9.17, 15) is 57.5 Å². The van der Waals surface area contributed by atoms with E-state index in [4.69, 9.17) is 25.6 Å². The van der Waals surface area contributed by atoms with Crippen LogP contribution in [0.25, 0.3) is 10.4 Å². The summed E-state index contributed by atoms with van der Waals surface area (Å²) in [7, 11) is 14.7. The number of hydrogen-bond donors (Lipinski definition) is 6. The Morgan fingerprint density at radius 3 is 1.30 bits per heavy atom. The van der Waals surface area contributed by atoms with Crippen molar-refractivity contribution in [3.05, 3.63) is 145 Å². The molecule has 0 aliphatic rings. The summed E-state index contributed by atoms with van der Waals surface area (Å²) in [4.78, 5) is 133. The molecule has 7 aromatic rings. The molecule has 6 heterocycles. The number of benzene rings is 1. The zero-order chi connectivity index (χ0) is 65.7. The minimum atomic E-state index is -1.26. The predicted molar refractivity (Wildman–Crippen MR) is 284 cm³/mol. The number of carboxylic acids is 3. The second-order valence-corrected chi connectivity index (χ2v) is 15.5. The Bertz CT molecular complexity index is 3600. The fraction of sp³-hybridized carbons (Fsp3) is 0.250. The Hall–Kier alpha value is -12.6. The van der Waals surface area contributed by atoms with Gasteiger partial charge in [0.2, 0.25) is 0 Å². The van der Waals surface area contributed by atoms with Gasteiger partial charge in [-0.1, -0.05) is 30.3 Å². The number of H-pyrrole nitrogens is 2. The third kappa shape index (κ3) is 21.7. The molecule has 0 unspecified atom stereocenters. The molecule has 39 nitrogen and oxygen atoms in total. The second kappa shape index (κ2) is 34.7. The Morgan fingerprint density at radius 2 is 0.874 bits per heavy atom. The van der Waals surface area contributed by atoms with E-state index in [0.717, 1.165) is 22.4 Å². The lowest BCUT2D eigenvalue weighted by molar-refractivity contribution is 0.0579. The van der Waals surface area contributed by atoms with Crippen LogP contribution in [0.4, 0.5) is 10.6 Å². The second-order valence-electron chi connectivity index (χ2n) is 15.5. The standard InChI is InChI=1S/C14H15N3O4.C8H10N2O4.C7H7N5O3.2C7H8N2O4.C5H4N2O4/c1-17-11(13(18)20-2)8-12(16-17)15-14(19)21-9-10-6-4-3-5-7-10;1-10-6(8(12)14-3)4-5(9-10)7(11)13-2;1-12-5(7(14)15-2)3-4(10-12)6(13)9-11-8;1-12-6(10)4-3-5(9-8-4)7(11)13-2;1-9-5(7(12)13-2)3-4(8-9)6(10)11;8-4(9)2-1-3(5(10)11)7-6-2/h3-8H,9H2,1-2H3,(H,15,16,19);4H,1-3H3;3H,1-2H3;3H,1-2H3,(H,8,9);3H,1-2H3,(H,10,11);1H,(H,6,7)(H,8,9)(H,10,11). The average molecular weight is 1220 g/mol. The molecule has 0 aliphatic heterocycles. The molecular weight excluding hydrogens is 1170 g/mol. The number of azide groups is 1. The highest BCUT2D eigenvalue weighted by molar-refractivity contribution is 5.97. The number of aromatic nitrogens is 12. The van der Waals surface area contributed by atoms with E-state index in [1.54, 1.807) is 14.1 Å². The van der Waals surface area contributed by atoms with Gasteiger partial charge in [0, 0.05) is 69.5 Å². The van der Waals surface area contributed by atoms with Crippen LogP contribution < -0.4 is 5.32 Å². The monoisotopic (exact) mass is 1220 g/mol. The van der Waals surface area contributed by atoms with Crippen LogP contribution in [0.2, 0.25) is 0 Å². The van der Waals surface area contributed by atoms with E-state index >= 15 is 0 Å². The minimum absolute atomic E-state index is 0.0444. The Morgan fingerprint density at radius 1 is 0.483 bits per heavy atom. The number of hydrogen-bond acceptors (Lipinski definition) is 26. The Balaban J connectivity index is 0.000000361.